The Balaban J connectivity index is 2.83. The van der Waals surface area contributed by atoms with Crippen LogP contribution < -0.4 is 5.73 Å². The molecule has 0 amide bonds. The maximum Gasteiger partial charge on any atom is 0.141 e. The Kier molecular flexibility index (Phi) is 2.06. The van der Waals surface area contributed by atoms with Crippen LogP contribution in [0, 0.1) is 13.8 Å². The molecule has 0 saturated heterocycles. The van der Waals surface area contributed by atoms with E-state index in [1.165, 1.54) is 0 Å². The minimum Gasteiger partial charge on any atom is -0.361 e. The van der Waals surface area contributed by atoms with E-state index in [0.717, 1.165) is 23.4 Å². The molecule has 56 valence electrons. The number of hydrogen-bond acceptors (Lipinski definition) is 3. The molecule has 0 spiro atoms. The molecule has 0 aliphatic heterocycles. The van der Waals surface area contributed by atoms with Gasteiger partial charge >= 0.3 is 0 Å². The topological polar surface area (TPSA) is 52.0 Å². The lowest BCUT2D eigenvalue weighted by Gasteiger charge is -1.90. The van der Waals surface area contributed by atoms with Gasteiger partial charge in [-0.25, -0.2) is 0 Å². The third-order valence-electron chi connectivity index (χ3n) is 1.63. The normalized spacial score (nSPS) is 10.3. The largest absolute Gasteiger partial charge is 0.361 e. The summed E-state index contributed by atoms with van der Waals surface area (Å²) in [4.78, 5) is 0. The zero-order chi connectivity index (χ0) is 7.56. The van der Waals surface area contributed by atoms with Gasteiger partial charge in [-0.2, -0.15) is 0 Å². The van der Waals surface area contributed by atoms with Gasteiger partial charge in [0, 0.05) is 12.0 Å². The zero-order valence-corrected chi connectivity index (χ0v) is 6.35. The Morgan fingerprint density at radius 3 is 2.60 bits per heavy atom. The summed E-state index contributed by atoms with van der Waals surface area (Å²) in [5, 5.41) is 3.80. The van der Waals surface area contributed by atoms with Crippen molar-refractivity contribution in [1.82, 2.24) is 5.16 Å². The summed E-state index contributed by atoms with van der Waals surface area (Å²) in [5.74, 6) is 0.917. The van der Waals surface area contributed by atoms with E-state index in [2.05, 4.69) is 5.16 Å². The van der Waals surface area contributed by atoms with Gasteiger partial charge in [0.2, 0.25) is 0 Å². The highest BCUT2D eigenvalue weighted by molar-refractivity contribution is 5.19. The standard InChI is InChI=1S/C7H12N2O/c1-5-6(2)9-10-7(5)3-4-8/h3-4,8H2,1-2H3. The number of aromatic nitrogens is 1. The monoisotopic (exact) mass is 140 g/mol. The summed E-state index contributed by atoms with van der Waals surface area (Å²) in [7, 11) is 0. The number of hydrogen-bond donors (Lipinski definition) is 1. The number of nitrogens with zero attached hydrogens (tertiary/aromatic N) is 1. The predicted octanol–water partition coefficient (Wildman–Crippen LogP) is 0.793. The Morgan fingerprint density at radius 2 is 2.20 bits per heavy atom. The van der Waals surface area contributed by atoms with Crippen molar-refractivity contribution in [3.8, 4) is 0 Å². The van der Waals surface area contributed by atoms with Crippen LogP contribution in [0.4, 0.5) is 0 Å². The van der Waals surface area contributed by atoms with E-state index in [4.69, 9.17) is 10.3 Å². The second-order valence-electron chi connectivity index (χ2n) is 2.35. The summed E-state index contributed by atoms with van der Waals surface area (Å²) in [6.45, 7) is 4.55. The van der Waals surface area contributed by atoms with Crippen molar-refractivity contribution in [3.05, 3.63) is 17.0 Å². The van der Waals surface area contributed by atoms with Gasteiger partial charge in [0.25, 0.3) is 0 Å². The van der Waals surface area contributed by atoms with Crippen LogP contribution >= 0.6 is 0 Å². The van der Waals surface area contributed by atoms with Crippen LogP contribution in [0.2, 0.25) is 0 Å². The van der Waals surface area contributed by atoms with Crippen molar-refractivity contribution in [3.63, 3.8) is 0 Å². The lowest BCUT2D eigenvalue weighted by atomic mass is 10.2. The van der Waals surface area contributed by atoms with Gasteiger partial charge < -0.3 is 10.3 Å². The molecule has 1 aromatic rings. The van der Waals surface area contributed by atoms with E-state index in [1.807, 2.05) is 13.8 Å². The molecule has 0 atom stereocenters. The van der Waals surface area contributed by atoms with Crippen LogP contribution in [-0.4, -0.2) is 11.7 Å². The van der Waals surface area contributed by atoms with E-state index >= 15 is 0 Å². The Morgan fingerprint density at radius 1 is 1.50 bits per heavy atom. The molecule has 0 aromatic carbocycles. The third kappa shape index (κ3) is 1.19. The van der Waals surface area contributed by atoms with E-state index in [-0.39, 0.29) is 0 Å². The first-order valence-electron chi connectivity index (χ1n) is 3.37. The molecule has 0 radical (unpaired) electrons. The van der Waals surface area contributed by atoms with Crippen LogP contribution in [0.25, 0.3) is 0 Å². The van der Waals surface area contributed by atoms with E-state index in [1.54, 1.807) is 0 Å². The van der Waals surface area contributed by atoms with Gasteiger partial charge in [0.05, 0.1) is 5.69 Å². The van der Waals surface area contributed by atoms with E-state index < -0.39 is 0 Å². The fraction of sp³-hybridized carbons (Fsp3) is 0.571. The van der Waals surface area contributed by atoms with E-state index in [0.29, 0.717) is 6.54 Å². The highest BCUT2D eigenvalue weighted by Crippen LogP contribution is 2.10. The fourth-order valence-corrected chi connectivity index (χ4v) is 0.827. The molecule has 1 aromatic heterocycles. The van der Waals surface area contributed by atoms with Crippen molar-refractivity contribution in [2.75, 3.05) is 6.54 Å². The van der Waals surface area contributed by atoms with Crippen LogP contribution in [0.1, 0.15) is 17.0 Å². The van der Waals surface area contributed by atoms with Crippen molar-refractivity contribution in [2.45, 2.75) is 20.3 Å². The summed E-state index contributed by atoms with van der Waals surface area (Å²) < 4.78 is 5.01. The predicted molar refractivity (Wildman–Crippen MR) is 38.7 cm³/mol. The van der Waals surface area contributed by atoms with Crippen LogP contribution in [-0.2, 0) is 6.42 Å². The molecule has 0 bridgehead atoms. The molecule has 0 aliphatic carbocycles. The molecule has 0 fully saturated rings. The van der Waals surface area contributed by atoms with Crippen LogP contribution in [0.5, 0.6) is 0 Å². The van der Waals surface area contributed by atoms with Crippen LogP contribution in [0.15, 0.2) is 4.52 Å². The van der Waals surface area contributed by atoms with E-state index in [9.17, 15) is 0 Å². The first kappa shape index (κ1) is 7.28. The lowest BCUT2D eigenvalue weighted by Crippen LogP contribution is -2.02. The van der Waals surface area contributed by atoms with Gasteiger partial charge in [0.15, 0.2) is 0 Å². The van der Waals surface area contributed by atoms with Gasteiger partial charge in [-0.05, 0) is 20.4 Å². The highest BCUT2D eigenvalue weighted by Gasteiger charge is 2.05. The SMILES string of the molecule is Cc1noc(CCN)c1C. The first-order chi connectivity index (χ1) is 4.75. The first-order valence-corrected chi connectivity index (χ1v) is 3.37. The molecule has 1 rings (SSSR count). The summed E-state index contributed by atoms with van der Waals surface area (Å²) >= 11 is 0. The second kappa shape index (κ2) is 2.84. The lowest BCUT2D eigenvalue weighted by molar-refractivity contribution is 0.380. The average Bonchev–Trinajstić information content (AvgIpc) is 2.20. The molecule has 0 saturated carbocycles. The molecule has 3 heteroatoms. The molecular formula is C7H12N2O. The van der Waals surface area contributed by atoms with Gasteiger partial charge in [-0.3, -0.25) is 0 Å². The molecule has 2 N–H and O–H groups in total. The molecule has 3 nitrogen and oxygen atoms in total. The third-order valence-corrected chi connectivity index (χ3v) is 1.63. The van der Waals surface area contributed by atoms with Crippen molar-refractivity contribution >= 4 is 0 Å². The molecule has 0 unspecified atom stereocenters. The number of nitrogens with two attached hydrogens (primary N) is 1. The number of rotatable bonds is 2. The summed E-state index contributed by atoms with van der Waals surface area (Å²) in [6.07, 6.45) is 0.784. The quantitative estimate of drug-likeness (QED) is 0.660. The summed E-state index contributed by atoms with van der Waals surface area (Å²) in [5.41, 5.74) is 7.44. The van der Waals surface area contributed by atoms with Gasteiger partial charge in [-0.15, -0.1) is 0 Å². The Hall–Kier alpha value is -0.830. The zero-order valence-electron chi connectivity index (χ0n) is 6.35. The minimum atomic E-state index is 0.621. The smallest absolute Gasteiger partial charge is 0.141 e. The van der Waals surface area contributed by atoms with Gasteiger partial charge in [0.1, 0.15) is 5.76 Å². The van der Waals surface area contributed by atoms with Crippen molar-refractivity contribution in [2.24, 2.45) is 5.73 Å². The van der Waals surface area contributed by atoms with Crippen LogP contribution in [0.3, 0.4) is 0 Å². The Labute approximate surface area is 60.2 Å². The molecule has 0 aliphatic rings. The van der Waals surface area contributed by atoms with Crippen molar-refractivity contribution in [1.29, 1.82) is 0 Å². The average molecular weight is 140 g/mol. The molecular weight excluding hydrogens is 128 g/mol. The minimum absolute atomic E-state index is 0.621. The molecule has 10 heavy (non-hydrogen) atoms. The summed E-state index contributed by atoms with van der Waals surface area (Å²) in [6, 6.07) is 0. The molecule has 1 heterocycles. The highest BCUT2D eigenvalue weighted by atomic mass is 16.5. The maximum absolute atomic E-state index is 5.35. The van der Waals surface area contributed by atoms with Crippen molar-refractivity contribution < 1.29 is 4.52 Å². The maximum atomic E-state index is 5.35. The number of aryl methyl sites for hydroxylation is 1. The Bertz CT molecular complexity index is 217. The fourth-order valence-electron chi connectivity index (χ4n) is 0.827. The second-order valence-corrected chi connectivity index (χ2v) is 2.35. The van der Waals surface area contributed by atoms with Gasteiger partial charge in [-0.1, -0.05) is 5.16 Å².